The maximum Gasteiger partial charge on any atom is 0.211 e. The standard InChI is InChI=1S/C61H35N7/c1-64-55-34-47(30-32-60(55)68-58-13-7-4-10-51(58)52-35-48(31-33-59(52)68)67-56-11-5-2-8-49(56)50-9-3-6-12-57(50)67)43-24-22-41(23-25-43)42-26-28-45(29-27-42)54-36-53(44-18-14-39(37-62)15-19-44)65-61(66-54)46-20-16-40(38-63)17-21-46/h2-36H. The van der Waals surface area contributed by atoms with Crippen LogP contribution in [0.5, 0.6) is 0 Å². The summed E-state index contributed by atoms with van der Waals surface area (Å²) in [6, 6.07) is 76.2. The second-order valence-corrected chi connectivity index (χ2v) is 16.7. The molecule has 0 aliphatic heterocycles. The number of rotatable bonds is 7. The molecule has 0 saturated heterocycles. The van der Waals surface area contributed by atoms with E-state index in [1.54, 1.807) is 24.3 Å². The van der Waals surface area contributed by atoms with Crippen LogP contribution in [0.25, 0.3) is 116 Å². The number of aromatic nitrogens is 4. The van der Waals surface area contributed by atoms with Gasteiger partial charge in [0, 0.05) is 43.9 Å². The third-order valence-electron chi connectivity index (χ3n) is 12.9. The summed E-state index contributed by atoms with van der Waals surface area (Å²) in [5, 5.41) is 23.4. The molecule has 9 aromatic carbocycles. The SMILES string of the molecule is [C-]#[N+]c1cc(-c2ccc(-c3ccc(-c4cc(-c5ccc(C#N)cc5)nc(-c5ccc(C#N)cc5)n4)cc3)cc2)ccc1-n1c2ccccc2c2cc(-n3c4ccccc4c4ccccc43)ccc21. The zero-order valence-electron chi connectivity index (χ0n) is 36.3. The lowest BCUT2D eigenvalue weighted by atomic mass is 9.98. The first-order valence-electron chi connectivity index (χ1n) is 22.2. The summed E-state index contributed by atoms with van der Waals surface area (Å²) in [6.45, 7) is 8.39. The third kappa shape index (κ3) is 6.74. The van der Waals surface area contributed by atoms with Crippen molar-refractivity contribution in [3.8, 4) is 79.7 Å². The lowest BCUT2D eigenvalue weighted by molar-refractivity contribution is 1.17. The lowest BCUT2D eigenvalue weighted by Crippen LogP contribution is -1.96. The van der Waals surface area contributed by atoms with Gasteiger partial charge in [-0.05, 0) is 113 Å². The van der Waals surface area contributed by atoms with Crippen LogP contribution < -0.4 is 0 Å². The van der Waals surface area contributed by atoms with Crippen LogP contribution >= 0.6 is 0 Å². The fraction of sp³-hybridized carbons (Fsp3) is 0. The molecule has 0 saturated carbocycles. The molecule has 0 fully saturated rings. The maximum atomic E-state index is 9.36. The number of para-hydroxylation sites is 3. The zero-order chi connectivity index (χ0) is 45.7. The molecule has 7 heteroatoms. The Morgan fingerprint density at radius 3 is 1.34 bits per heavy atom. The summed E-state index contributed by atoms with van der Waals surface area (Å²) in [4.78, 5) is 14.0. The molecule has 0 spiro atoms. The molecule has 12 aromatic rings. The predicted molar refractivity (Wildman–Crippen MR) is 274 cm³/mol. The molecule has 0 unspecified atom stereocenters. The topological polar surface area (TPSA) is 87.6 Å². The summed E-state index contributed by atoms with van der Waals surface area (Å²) in [5.41, 5.74) is 16.3. The molecule has 314 valence electrons. The zero-order valence-corrected chi connectivity index (χ0v) is 36.3. The first kappa shape index (κ1) is 39.7. The first-order chi connectivity index (χ1) is 33.5. The second kappa shape index (κ2) is 16.3. The molecule has 0 radical (unpaired) electrons. The van der Waals surface area contributed by atoms with Gasteiger partial charge in [-0.15, -0.1) is 0 Å². The quantitative estimate of drug-likeness (QED) is 0.149. The Morgan fingerprint density at radius 1 is 0.382 bits per heavy atom. The molecular formula is C61H35N7. The van der Waals surface area contributed by atoms with Crippen LogP contribution in [0, 0.1) is 29.2 Å². The van der Waals surface area contributed by atoms with Crippen LogP contribution in [0.3, 0.4) is 0 Å². The van der Waals surface area contributed by atoms with Crippen molar-refractivity contribution in [2.24, 2.45) is 0 Å². The van der Waals surface area contributed by atoms with Crippen LogP contribution in [-0.2, 0) is 0 Å². The average molecular weight is 866 g/mol. The highest BCUT2D eigenvalue weighted by molar-refractivity contribution is 6.12. The number of hydrogen-bond acceptors (Lipinski definition) is 4. The van der Waals surface area contributed by atoms with Gasteiger partial charge in [0.1, 0.15) is 0 Å². The second-order valence-electron chi connectivity index (χ2n) is 16.7. The predicted octanol–water partition coefficient (Wildman–Crippen LogP) is 15.3. The monoisotopic (exact) mass is 865 g/mol. The Morgan fingerprint density at radius 2 is 0.809 bits per heavy atom. The van der Waals surface area contributed by atoms with Gasteiger partial charge in [-0.25, -0.2) is 14.8 Å². The van der Waals surface area contributed by atoms with Crippen molar-refractivity contribution < 1.29 is 0 Å². The fourth-order valence-corrected chi connectivity index (χ4v) is 9.51. The van der Waals surface area contributed by atoms with Crippen molar-refractivity contribution in [2.75, 3.05) is 0 Å². The van der Waals surface area contributed by atoms with E-state index in [0.29, 0.717) is 22.6 Å². The van der Waals surface area contributed by atoms with E-state index in [2.05, 4.69) is 178 Å². The van der Waals surface area contributed by atoms with Gasteiger partial charge in [0.25, 0.3) is 0 Å². The highest BCUT2D eigenvalue weighted by Crippen LogP contribution is 2.40. The minimum Gasteiger partial charge on any atom is -0.319 e. The van der Waals surface area contributed by atoms with Crippen molar-refractivity contribution >= 4 is 49.3 Å². The number of benzene rings is 9. The summed E-state index contributed by atoms with van der Waals surface area (Å²) in [7, 11) is 0. The minimum atomic E-state index is 0.542. The summed E-state index contributed by atoms with van der Waals surface area (Å²) in [6.07, 6.45) is 0. The lowest BCUT2D eigenvalue weighted by Gasteiger charge is -2.13. The van der Waals surface area contributed by atoms with Gasteiger partial charge in [0.05, 0.1) is 69.0 Å². The molecular weight excluding hydrogens is 831 g/mol. The van der Waals surface area contributed by atoms with Gasteiger partial charge in [-0.2, -0.15) is 10.5 Å². The van der Waals surface area contributed by atoms with Crippen LogP contribution in [0.4, 0.5) is 5.69 Å². The van der Waals surface area contributed by atoms with Crippen molar-refractivity contribution in [3.63, 3.8) is 0 Å². The van der Waals surface area contributed by atoms with Crippen LogP contribution in [-0.4, -0.2) is 19.1 Å². The molecule has 12 rings (SSSR count). The van der Waals surface area contributed by atoms with Gasteiger partial charge >= 0.3 is 0 Å². The molecule has 0 N–H and O–H groups in total. The van der Waals surface area contributed by atoms with Gasteiger partial charge in [-0.3, -0.25) is 0 Å². The highest BCUT2D eigenvalue weighted by Gasteiger charge is 2.19. The number of fused-ring (bicyclic) bond motifs is 6. The highest BCUT2D eigenvalue weighted by atomic mass is 15.0. The summed E-state index contributed by atoms with van der Waals surface area (Å²) < 4.78 is 4.58. The Labute approximate surface area is 391 Å². The number of nitrogens with zero attached hydrogens (tertiary/aromatic N) is 7. The molecule has 0 aliphatic rings. The van der Waals surface area contributed by atoms with Crippen LogP contribution in [0.1, 0.15) is 11.1 Å². The van der Waals surface area contributed by atoms with E-state index in [1.165, 1.54) is 21.8 Å². The molecule has 7 nitrogen and oxygen atoms in total. The smallest absolute Gasteiger partial charge is 0.211 e. The largest absolute Gasteiger partial charge is 0.319 e. The average Bonchev–Trinajstić information content (AvgIpc) is 3.93. The maximum absolute atomic E-state index is 9.36. The Kier molecular flexibility index (Phi) is 9.51. The van der Waals surface area contributed by atoms with Crippen LogP contribution in [0.15, 0.2) is 212 Å². The van der Waals surface area contributed by atoms with E-state index in [0.717, 1.165) is 83.5 Å². The Balaban J connectivity index is 0.856. The molecule has 0 atom stereocenters. The van der Waals surface area contributed by atoms with E-state index >= 15 is 0 Å². The van der Waals surface area contributed by atoms with Crippen LogP contribution in [0.2, 0.25) is 0 Å². The van der Waals surface area contributed by atoms with Crippen molar-refractivity contribution in [1.82, 2.24) is 19.1 Å². The van der Waals surface area contributed by atoms with Gasteiger partial charge in [0.2, 0.25) is 5.69 Å². The first-order valence-corrected chi connectivity index (χ1v) is 22.2. The van der Waals surface area contributed by atoms with Crippen molar-refractivity contribution in [3.05, 3.63) is 235 Å². The molecule has 68 heavy (non-hydrogen) atoms. The molecule has 3 heterocycles. The molecule has 0 amide bonds. The Hall–Kier alpha value is -9.87. The van der Waals surface area contributed by atoms with Crippen molar-refractivity contribution in [1.29, 1.82) is 10.5 Å². The number of nitriles is 2. The van der Waals surface area contributed by atoms with Crippen molar-refractivity contribution in [2.45, 2.75) is 0 Å². The summed E-state index contributed by atoms with van der Waals surface area (Å²) in [5.74, 6) is 0.542. The van der Waals surface area contributed by atoms with E-state index in [-0.39, 0.29) is 0 Å². The van der Waals surface area contributed by atoms with E-state index < -0.39 is 0 Å². The fourth-order valence-electron chi connectivity index (χ4n) is 9.51. The third-order valence-corrected chi connectivity index (χ3v) is 12.9. The van der Waals surface area contributed by atoms with E-state index in [4.69, 9.17) is 16.5 Å². The van der Waals surface area contributed by atoms with Gasteiger partial charge in [-0.1, -0.05) is 121 Å². The van der Waals surface area contributed by atoms with E-state index in [1.807, 2.05) is 36.4 Å². The van der Waals surface area contributed by atoms with Gasteiger partial charge in [0.15, 0.2) is 5.82 Å². The molecule has 0 aliphatic carbocycles. The van der Waals surface area contributed by atoms with Gasteiger partial charge < -0.3 is 9.13 Å². The summed E-state index contributed by atoms with van der Waals surface area (Å²) >= 11 is 0. The van der Waals surface area contributed by atoms with E-state index in [9.17, 15) is 10.5 Å². The molecule has 0 bridgehead atoms. The molecule has 3 aromatic heterocycles. The Bertz CT molecular complexity index is 3950. The number of hydrogen-bond donors (Lipinski definition) is 0. The normalized spacial score (nSPS) is 11.2. The minimum absolute atomic E-state index is 0.542.